The van der Waals surface area contributed by atoms with E-state index in [0.717, 1.165) is 32.5 Å². The molecule has 13 heavy (non-hydrogen) atoms. The van der Waals surface area contributed by atoms with Gasteiger partial charge in [-0.2, -0.15) is 0 Å². The van der Waals surface area contributed by atoms with Gasteiger partial charge in [0, 0.05) is 26.3 Å². The van der Waals surface area contributed by atoms with Crippen molar-refractivity contribution in [3.8, 4) is 0 Å². The van der Waals surface area contributed by atoms with E-state index in [0.29, 0.717) is 26.3 Å². The fourth-order valence-electron chi connectivity index (χ4n) is 0.956. The molecule has 0 amide bonds. The molecule has 0 aromatic heterocycles. The van der Waals surface area contributed by atoms with Gasteiger partial charge in [0.2, 0.25) is 0 Å². The van der Waals surface area contributed by atoms with Crippen molar-refractivity contribution >= 4 is 0 Å². The Labute approximate surface area is 80.6 Å². The fourth-order valence-corrected chi connectivity index (χ4v) is 0.956. The van der Waals surface area contributed by atoms with E-state index >= 15 is 0 Å². The van der Waals surface area contributed by atoms with Crippen LogP contribution in [0, 0.1) is 0 Å². The number of unbranched alkanes of at least 4 members (excludes halogenated alkanes) is 2. The molecule has 0 aliphatic rings. The second-order valence-corrected chi connectivity index (χ2v) is 2.86. The number of ether oxygens (including phenoxy) is 2. The molecule has 4 heteroatoms. The van der Waals surface area contributed by atoms with Crippen LogP contribution in [0.3, 0.4) is 0 Å². The van der Waals surface area contributed by atoms with Crippen LogP contribution < -0.4 is 11.5 Å². The van der Waals surface area contributed by atoms with E-state index in [1.54, 1.807) is 0 Å². The van der Waals surface area contributed by atoms with Gasteiger partial charge in [-0.25, -0.2) is 0 Å². The lowest BCUT2D eigenvalue weighted by atomic mass is 10.2. The van der Waals surface area contributed by atoms with Crippen LogP contribution >= 0.6 is 0 Å². The smallest absolute Gasteiger partial charge is 0.0588 e. The van der Waals surface area contributed by atoms with Gasteiger partial charge >= 0.3 is 0 Å². The van der Waals surface area contributed by atoms with Crippen LogP contribution in [0.25, 0.3) is 0 Å². The molecule has 0 aliphatic heterocycles. The topological polar surface area (TPSA) is 70.5 Å². The molecular formula is C9H22N2O2. The molecule has 0 aromatic rings. The molecular weight excluding hydrogens is 168 g/mol. The molecule has 0 fully saturated rings. The van der Waals surface area contributed by atoms with Gasteiger partial charge in [-0.1, -0.05) is 0 Å². The summed E-state index contributed by atoms with van der Waals surface area (Å²) in [5.41, 5.74) is 10.5. The lowest BCUT2D eigenvalue weighted by Gasteiger charge is -2.03. The van der Waals surface area contributed by atoms with Crippen LogP contribution in [0.1, 0.15) is 19.3 Å². The summed E-state index contributed by atoms with van der Waals surface area (Å²) in [4.78, 5) is 0. The second-order valence-electron chi connectivity index (χ2n) is 2.86. The normalized spacial score (nSPS) is 10.6. The van der Waals surface area contributed by atoms with Crippen molar-refractivity contribution in [2.75, 3.05) is 39.5 Å². The highest BCUT2D eigenvalue weighted by Crippen LogP contribution is 1.95. The fraction of sp³-hybridized carbons (Fsp3) is 1.00. The van der Waals surface area contributed by atoms with E-state index in [4.69, 9.17) is 20.9 Å². The maximum Gasteiger partial charge on any atom is 0.0588 e. The third-order valence-electron chi connectivity index (χ3n) is 1.60. The quantitative estimate of drug-likeness (QED) is 0.480. The second kappa shape index (κ2) is 11.8. The number of rotatable bonds is 10. The van der Waals surface area contributed by atoms with Crippen LogP contribution in [0.15, 0.2) is 0 Å². The average Bonchev–Trinajstić information content (AvgIpc) is 2.16. The van der Waals surface area contributed by atoms with Crippen LogP contribution in [-0.4, -0.2) is 39.5 Å². The van der Waals surface area contributed by atoms with Crippen molar-refractivity contribution in [3.05, 3.63) is 0 Å². The molecule has 0 rings (SSSR count). The molecule has 0 heterocycles. The number of hydrogen-bond acceptors (Lipinski definition) is 4. The lowest BCUT2D eigenvalue weighted by molar-refractivity contribution is 0.121. The van der Waals surface area contributed by atoms with Gasteiger partial charge in [0.05, 0.1) is 13.2 Å². The van der Waals surface area contributed by atoms with Gasteiger partial charge < -0.3 is 20.9 Å². The average molecular weight is 190 g/mol. The van der Waals surface area contributed by atoms with Gasteiger partial charge in [-0.15, -0.1) is 0 Å². The summed E-state index contributed by atoms with van der Waals surface area (Å²) in [5.74, 6) is 0. The number of nitrogens with two attached hydrogens (primary N) is 2. The van der Waals surface area contributed by atoms with Crippen molar-refractivity contribution in [2.24, 2.45) is 11.5 Å². The zero-order valence-electron chi connectivity index (χ0n) is 8.34. The molecule has 0 aliphatic carbocycles. The maximum atomic E-state index is 5.27. The predicted molar refractivity (Wildman–Crippen MR) is 53.6 cm³/mol. The molecule has 0 aromatic carbocycles. The summed E-state index contributed by atoms with van der Waals surface area (Å²) in [5, 5.41) is 0. The first kappa shape index (κ1) is 12.8. The van der Waals surface area contributed by atoms with Crippen molar-refractivity contribution < 1.29 is 9.47 Å². The van der Waals surface area contributed by atoms with Crippen molar-refractivity contribution in [3.63, 3.8) is 0 Å². The molecule has 0 spiro atoms. The lowest BCUT2D eigenvalue weighted by Crippen LogP contribution is -2.10. The van der Waals surface area contributed by atoms with E-state index in [-0.39, 0.29) is 0 Å². The Bertz CT molecular complexity index is 81.7. The molecule has 0 saturated carbocycles. The first-order chi connectivity index (χ1) is 6.41. The monoisotopic (exact) mass is 190 g/mol. The molecule has 80 valence electrons. The molecule has 4 nitrogen and oxygen atoms in total. The summed E-state index contributed by atoms with van der Waals surface area (Å²) in [7, 11) is 0. The SMILES string of the molecule is NCCOCCCCCOCCN. The Morgan fingerprint density at radius 3 is 1.46 bits per heavy atom. The first-order valence-electron chi connectivity index (χ1n) is 4.97. The summed E-state index contributed by atoms with van der Waals surface area (Å²) in [6.07, 6.45) is 3.33. The van der Waals surface area contributed by atoms with Gasteiger partial charge in [0.1, 0.15) is 0 Å². The zero-order chi connectivity index (χ0) is 9.78. The van der Waals surface area contributed by atoms with E-state index in [9.17, 15) is 0 Å². The third kappa shape index (κ3) is 11.8. The predicted octanol–water partition coefficient (Wildman–Crippen LogP) is 0.107. The Morgan fingerprint density at radius 1 is 0.615 bits per heavy atom. The van der Waals surface area contributed by atoms with Gasteiger partial charge in [-0.3, -0.25) is 0 Å². The van der Waals surface area contributed by atoms with Crippen LogP contribution in [0.2, 0.25) is 0 Å². The standard InChI is InChI=1S/C9H22N2O2/c10-4-8-12-6-2-1-3-7-13-9-5-11/h1-11H2. The highest BCUT2D eigenvalue weighted by Gasteiger charge is 1.90. The van der Waals surface area contributed by atoms with Gasteiger partial charge in [0.15, 0.2) is 0 Å². The Hall–Kier alpha value is -0.160. The molecule has 0 saturated heterocycles. The highest BCUT2D eigenvalue weighted by molar-refractivity contribution is 4.41. The van der Waals surface area contributed by atoms with Crippen molar-refractivity contribution in [1.82, 2.24) is 0 Å². The Kier molecular flexibility index (Phi) is 11.7. The third-order valence-corrected chi connectivity index (χ3v) is 1.60. The molecule has 4 N–H and O–H groups in total. The van der Waals surface area contributed by atoms with E-state index in [1.807, 2.05) is 0 Å². The molecule has 0 unspecified atom stereocenters. The largest absolute Gasteiger partial charge is 0.380 e. The Balaban J connectivity index is 2.76. The van der Waals surface area contributed by atoms with Gasteiger partial charge in [0.25, 0.3) is 0 Å². The zero-order valence-corrected chi connectivity index (χ0v) is 8.34. The number of hydrogen-bond donors (Lipinski definition) is 2. The molecule has 0 radical (unpaired) electrons. The first-order valence-corrected chi connectivity index (χ1v) is 4.97. The van der Waals surface area contributed by atoms with Crippen LogP contribution in [-0.2, 0) is 9.47 Å². The van der Waals surface area contributed by atoms with Crippen molar-refractivity contribution in [1.29, 1.82) is 0 Å². The minimum absolute atomic E-state index is 0.611. The highest BCUT2D eigenvalue weighted by atomic mass is 16.5. The van der Waals surface area contributed by atoms with E-state index < -0.39 is 0 Å². The summed E-state index contributed by atoms with van der Waals surface area (Å²) in [6, 6.07) is 0. The van der Waals surface area contributed by atoms with Crippen molar-refractivity contribution in [2.45, 2.75) is 19.3 Å². The minimum Gasteiger partial charge on any atom is -0.380 e. The minimum atomic E-state index is 0.611. The van der Waals surface area contributed by atoms with Gasteiger partial charge in [-0.05, 0) is 19.3 Å². The summed E-state index contributed by atoms with van der Waals surface area (Å²) in [6.45, 7) is 4.19. The maximum absolute atomic E-state index is 5.27. The summed E-state index contributed by atoms with van der Waals surface area (Å²) < 4.78 is 10.4. The summed E-state index contributed by atoms with van der Waals surface area (Å²) >= 11 is 0. The Morgan fingerprint density at radius 2 is 1.08 bits per heavy atom. The van der Waals surface area contributed by atoms with E-state index in [1.165, 1.54) is 0 Å². The van der Waals surface area contributed by atoms with Crippen LogP contribution in [0.4, 0.5) is 0 Å². The molecule has 0 bridgehead atoms. The molecule has 0 atom stereocenters. The van der Waals surface area contributed by atoms with Crippen LogP contribution in [0.5, 0.6) is 0 Å². The van der Waals surface area contributed by atoms with E-state index in [2.05, 4.69) is 0 Å².